The number of aromatic nitrogens is 2. The lowest BCUT2D eigenvalue weighted by Gasteiger charge is -2.02. The molecule has 1 aromatic carbocycles. The number of benzene rings is 1. The van der Waals surface area contributed by atoms with E-state index in [4.69, 9.17) is 0 Å². The molecule has 0 radical (unpaired) electrons. The van der Waals surface area contributed by atoms with E-state index in [0.29, 0.717) is 10.8 Å². The highest BCUT2D eigenvalue weighted by Gasteiger charge is 2.13. The Morgan fingerprint density at radius 3 is 2.77 bits per heavy atom. The van der Waals surface area contributed by atoms with Crippen molar-refractivity contribution in [3.8, 4) is 0 Å². The van der Waals surface area contributed by atoms with E-state index >= 15 is 0 Å². The summed E-state index contributed by atoms with van der Waals surface area (Å²) in [5.74, 6) is -0.487. The van der Waals surface area contributed by atoms with Crippen molar-refractivity contribution in [3.05, 3.63) is 61.1 Å². The molecule has 22 heavy (non-hydrogen) atoms. The third-order valence-corrected chi connectivity index (χ3v) is 4.42. The van der Waals surface area contributed by atoms with Crippen molar-refractivity contribution >= 4 is 50.2 Å². The van der Waals surface area contributed by atoms with Gasteiger partial charge in [0.2, 0.25) is 0 Å². The maximum Gasteiger partial charge on any atom is 0.292 e. The SMILES string of the molecule is O=C(N/N=C\c1ccc(Br)s1)c1n[nH]c(=O)c2ccccc12. The zero-order chi connectivity index (χ0) is 15.5. The van der Waals surface area contributed by atoms with Crippen LogP contribution in [0.4, 0.5) is 0 Å². The van der Waals surface area contributed by atoms with Crippen LogP contribution in [0.2, 0.25) is 0 Å². The topological polar surface area (TPSA) is 87.2 Å². The van der Waals surface area contributed by atoms with Gasteiger partial charge in [-0.25, -0.2) is 10.5 Å². The predicted octanol–water partition coefficient (Wildman–Crippen LogP) is 2.51. The molecule has 3 rings (SSSR count). The number of amides is 1. The van der Waals surface area contributed by atoms with E-state index in [2.05, 4.69) is 36.7 Å². The zero-order valence-corrected chi connectivity index (χ0v) is 13.4. The van der Waals surface area contributed by atoms with Crippen molar-refractivity contribution in [2.45, 2.75) is 0 Å². The minimum absolute atomic E-state index is 0.125. The van der Waals surface area contributed by atoms with E-state index in [9.17, 15) is 9.59 Å². The highest BCUT2D eigenvalue weighted by molar-refractivity contribution is 9.11. The molecule has 0 aliphatic heterocycles. The van der Waals surface area contributed by atoms with E-state index < -0.39 is 5.91 Å². The number of carbonyl (C=O) groups excluding carboxylic acids is 1. The van der Waals surface area contributed by atoms with E-state index in [1.165, 1.54) is 11.3 Å². The van der Waals surface area contributed by atoms with Crippen LogP contribution in [0.15, 0.2) is 50.1 Å². The summed E-state index contributed by atoms with van der Waals surface area (Å²) in [7, 11) is 0. The van der Waals surface area contributed by atoms with Gasteiger partial charge in [0.05, 0.1) is 15.4 Å². The van der Waals surface area contributed by atoms with Crippen molar-refractivity contribution in [2.75, 3.05) is 0 Å². The second kappa shape index (κ2) is 6.20. The highest BCUT2D eigenvalue weighted by atomic mass is 79.9. The lowest BCUT2D eigenvalue weighted by molar-refractivity contribution is 0.0951. The van der Waals surface area contributed by atoms with E-state index in [-0.39, 0.29) is 11.3 Å². The fourth-order valence-corrected chi connectivity index (χ4v) is 3.19. The van der Waals surface area contributed by atoms with Crippen LogP contribution < -0.4 is 11.0 Å². The predicted molar refractivity (Wildman–Crippen MR) is 89.4 cm³/mol. The molecule has 0 saturated carbocycles. The molecule has 0 spiro atoms. The van der Waals surface area contributed by atoms with Gasteiger partial charge in [0.25, 0.3) is 11.5 Å². The number of nitrogens with zero attached hydrogens (tertiary/aromatic N) is 2. The molecule has 2 N–H and O–H groups in total. The molecular weight excluding hydrogens is 368 g/mol. The van der Waals surface area contributed by atoms with Crippen LogP contribution in [0.25, 0.3) is 10.8 Å². The Bertz CT molecular complexity index is 932. The smallest absolute Gasteiger partial charge is 0.267 e. The Morgan fingerprint density at radius 1 is 1.27 bits per heavy atom. The Kier molecular flexibility index (Phi) is 4.12. The number of nitrogens with one attached hydrogen (secondary N) is 2. The van der Waals surface area contributed by atoms with Crippen LogP contribution in [-0.2, 0) is 0 Å². The number of carbonyl (C=O) groups is 1. The molecule has 8 heteroatoms. The number of rotatable bonds is 3. The fraction of sp³-hybridized carbons (Fsp3) is 0. The first kappa shape index (κ1) is 14.6. The molecule has 3 aromatic rings. The minimum Gasteiger partial charge on any atom is -0.267 e. The summed E-state index contributed by atoms with van der Waals surface area (Å²) >= 11 is 4.84. The van der Waals surface area contributed by atoms with Crippen molar-refractivity contribution < 1.29 is 4.79 Å². The van der Waals surface area contributed by atoms with Crippen molar-refractivity contribution in [1.29, 1.82) is 0 Å². The van der Waals surface area contributed by atoms with E-state index in [1.807, 2.05) is 12.1 Å². The number of hydrazone groups is 1. The molecule has 2 aromatic heterocycles. The molecular formula is C14H9BrN4O2S. The number of hydrogen-bond acceptors (Lipinski definition) is 5. The quantitative estimate of drug-likeness (QED) is 0.543. The zero-order valence-electron chi connectivity index (χ0n) is 11.0. The molecule has 0 aliphatic carbocycles. The first-order chi connectivity index (χ1) is 10.6. The second-order valence-corrected chi connectivity index (χ2v) is 6.78. The Morgan fingerprint density at radius 2 is 2.05 bits per heavy atom. The van der Waals surface area contributed by atoms with Gasteiger partial charge in [-0.05, 0) is 34.1 Å². The normalized spacial score (nSPS) is 11.1. The molecule has 6 nitrogen and oxygen atoms in total. The lowest BCUT2D eigenvalue weighted by Crippen LogP contribution is -2.22. The van der Waals surface area contributed by atoms with Gasteiger partial charge in [0.15, 0.2) is 5.69 Å². The molecule has 0 atom stereocenters. The molecule has 0 aliphatic rings. The lowest BCUT2D eigenvalue weighted by atomic mass is 10.1. The highest BCUT2D eigenvalue weighted by Crippen LogP contribution is 2.20. The molecule has 0 bridgehead atoms. The average molecular weight is 377 g/mol. The Balaban J connectivity index is 1.85. The molecule has 0 saturated heterocycles. The molecule has 1 amide bonds. The number of hydrogen-bond donors (Lipinski definition) is 2. The Labute approximate surface area is 137 Å². The summed E-state index contributed by atoms with van der Waals surface area (Å²) in [5, 5.41) is 10.9. The van der Waals surface area contributed by atoms with E-state index in [1.54, 1.807) is 30.5 Å². The summed E-state index contributed by atoms with van der Waals surface area (Å²) in [4.78, 5) is 24.7. The van der Waals surface area contributed by atoms with Gasteiger partial charge in [-0.15, -0.1) is 11.3 Å². The first-order valence-corrected chi connectivity index (χ1v) is 7.82. The van der Waals surface area contributed by atoms with Crippen LogP contribution in [0, 0.1) is 0 Å². The number of H-pyrrole nitrogens is 1. The standard InChI is InChI=1S/C14H9BrN4O2S/c15-11-6-5-8(22-11)7-16-18-14(21)12-9-3-1-2-4-10(9)13(20)19-17-12/h1-7H,(H,18,21)(H,19,20)/b16-7-. The largest absolute Gasteiger partial charge is 0.292 e. The summed E-state index contributed by atoms with van der Waals surface area (Å²) < 4.78 is 0.980. The number of halogens is 1. The van der Waals surface area contributed by atoms with Gasteiger partial charge in [-0.1, -0.05) is 18.2 Å². The van der Waals surface area contributed by atoms with Crippen LogP contribution in [-0.4, -0.2) is 22.3 Å². The fourth-order valence-electron chi connectivity index (χ4n) is 1.89. The maximum absolute atomic E-state index is 12.2. The van der Waals surface area contributed by atoms with Crippen molar-refractivity contribution in [1.82, 2.24) is 15.6 Å². The summed E-state index contributed by atoms with van der Waals surface area (Å²) in [6, 6.07) is 10.5. The third kappa shape index (κ3) is 2.97. The van der Waals surface area contributed by atoms with Crippen LogP contribution in [0.5, 0.6) is 0 Å². The summed E-state index contributed by atoms with van der Waals surface area (Å²) in [6.45, 7) is 0. The summed E-state index contributed by atoms with van der Waals surface area (Å²) in [5.41, 5.74) is 2.20. The molecule has 0 fully saturated rings. The number of fused-ring (bicyclic) bond motifs is 1. The number of thiophene rings is 1. The molecule has 0 unspecified atom stereocenters. The third-order valence-electron chi connectivity index (χ3n) is 2.86. The average Bonchev–Trinajstić information content (AvgIpc) is 2.93. The molecule has 2 heterocycles. The Hall–Kier alpha value is -2.32. The maximum atomic E-state index is 12.2. The van der Waals surface area contributed by atoms with Gasteiger partial charge in [-0.3, -0.25) is 9.59 Å². The van der Waals surface area contributed by atoms with Crippen molar-refractivity contribution in [2.24, 2.45) is 5.10 Å². The van der Waals surface area contributed by atoms with Gasteiger partial charge >= 0.3 is 0 Å². The van der Waals surface area contributed by atoms with Gasteiger partial charge in [0, 0.05) is 10.3 Å². The number of aromatic amines is 1. The van der Waals surface area contributed by atoms with Crippen LogP contribution >= 0.6 is 27.3 Å². The molecule has 110 valence electrons. The first-order valence-electron chi connectivity index (χ1n) is 6.21. The van der Waals surface area contributed by atoms with Gasteiger partial charge < -0.3 is 0 Å². The summed E-state index contributed by atoms with van der Waals surface area (Å²) in [6.07, 6.45) is 1.54. The van der Waals surface area contributed by atoms with Crippen LogP contribution in [0.1, 0.15) is 15.4 Å². The van der Waals surface area contributed by atoms with Crippen molar-refractivity contribution in [3.63, 3.8) is 0 Å². The van der Waals surface area contributed by atoms with Gasteiger partial charge in [-0.2, -0.15) is 10.2 Å². The van der Waals surface area contributed by atoms with E-state index in [0.717, 1.165) is 8.66 Å². The minimum atomic E-state index is -0.487. The van der Waals surface area contributed by atoms with Crippen LogP contribution in [0.3, 0.4) is 0 Å². The second-order valence-electron chi connectivity index (χ2n) is 4.29. The monoisotopic (exact) mass is 376 g/mol. The van der Waals surface area contributed by atoms with Gasteiger partial charge in [0.1, 0.15) is 0 Å².